The third-order valence-corrected chi connectivity index (χ3v) is 7.28. The molecule has 9 heteroatoms. The molecule has 3 N–H and O–H groups in total. The summed E-state index contributed by atoms with van der Waals surface area (Å²) in [6.07, 6.45) is 5.29. The van der Waals surface area contributed by atoms with Crippen LogP contribution in [0.2, 0.25) is 0 Å². The monoisotopic (exact) mass is 538 g/mol. The molecule has 1 aliphatic heterocycles. The Morgan fingerprint density at radius 1 is 1.10 bits per heavy atom. The predicted octanol–water partition coefficient (Wildman–Crippen LogP) is 4.16. The number of carbonyl (C=O) groups excluding carboxylic acids is 2. The zero-order chi connectivity index (χ0) is 28.4. The number of aliphatic hydroxyl groups excluding tert-OH is 1. The molecule has 3 heterocycles. The molecule has 0 saturated carbocycles. The van der Waals surface area contributed by atoms with Gasteiger partial charge in [-0.15, -0.1) is 0 Å². The number of aromatic amines is 1. The van der Waals surface area contributed by atoms with Crippen molar-refractivity contribution in [1.29, 1.82) is 0 Å². The van der Waals surface area contributed by atoms with Gasteiger partial charge in [0.15, 0.2) is 0 Å². The average molecular weight is 539 g/mol. The molecule has 0 spiro atoms. The third-order valence-electron chi connectivity index (χ3n) is 7.28. The quantitative estimate of drug-likeness (QED) is 0.340. The molecule has 0 radical (unpaired) electrons. The van der Waals surface area contributed by atoms with E-state index in [0.29, 0.717) is 17.8 Å². The molecule has 40 heavy (non-hydrogen) atoms. The first-order chi connectivity index (χ1) is 19.1. The molecule has 5 rings (SSSR count). The number of imidazole rings is 1. The van der Waals surface area contributed by atoms with Gasteiger partial charge in [0.1, 0.15) is 11.7 Å². The molecule has 3 atom stereocenters. The zero-order valence-electron chi connectivity index (χ0n) is 23.1. The second kappa shape index (κ2) is 10.9. The van der Waals surface area contributed by atoms with E-state index in [1.165, 1.54) is 17.4 Å². The van der Waals surface area contributed by atoms with Crippen molar-refractivity contribution >= 4 is 23.2 Å². The normalized spacial score (nSPS) is 17.6. The number of nitrogens with zero attached hydrogens (tertiary/aromatic N) is 4. The Kier molecular flexibility index (Phi) is 7.40. The summed E-state index contributed by atoms with van der Waals surface area (Å²) in [5.74, 6) is -0.890. The van der Waals surface area contributed by atoms with Gasteiger partial charge in [0.2, 0.25) is 5.91 Å². The Hall–Kier alpha value is -4.50. The molecular weight excluding hydrogens is 504 g/mol. The Labute approximate surface area is 233 Å². The molecule has 4 aromatic rings. The van der Waals surface area contributed by atoms with Crippen molar-refractivity contribution in [2.45, 2.75) is 44.4 Å². The molecule has 2 aromatic heterocycles. The number of β-amino-alcohol motifs (C(OH)–C–C–N with tert-alkyl or cyclic N) is 1. The molecule has 0 fully saturated rings. The van der Waals surface area contributed by atoms with Crippen LogP contribution in [0.1, 0.15) is 60.0 Å². The lowest BCUT2D eigenvalue weighted by atomic mass is 9.87. The Morgan fingerprint density at radius 2 is 1.85 bits per heavy atom. The number of para-hydroxylation sites is 1. The molecule has 1 unspecified atom stereocenters. The number of aliphatic hydroxyl groups is 1. The van der Waals surface area contributed by atoms with Gasteiger partial charge >= 0.3 is 0 Å². The van der Waals surface area contributed by atoms with Crippen molar-refractivity contribution in [2.75, 3.05) is 23.4 Å². The first-order valence-electron chi connectivity index (χ1n) is 13.3. The molecule has 0 bridgehead atoms. The summed E-state index contributed by atoms with van der Waals surface area (Å²) in [4.78, 5) is 42.9. The molecule has 9 nitrogen and oxygen atoms in total. The number of hydrogen-bond donors (Lipinski definition) is 3. The van der Waals surface area contributed by atoms with E-state index in [1.54, 1.807) is 24.5 Å². The van der Waals surface area contributed by atoms with Crippen LogP contribution in [0.4, 0.5) is 11.4 Å². The van der Waals surface area contributed by atoms with Crippen LogP contribution in [0, 0.1) is 0 Å². The third kappa shape index (κ3) is 5.33. The summed E-state index contributed by atoms with van der Waals surface area (Å²) in [7, 11) is 1.91. The van der Waals surface area contributed by atoms with Crippen LogP contribution in [0.15, 0.2) is 85.6 Å². The largest absolute Gasteiger partial charge is 0.389 e. The molecular formula is C31H34N6O3. The highest BCUT2D eigenvalue weighted by atomic mass is 16.3. The minimum Gasteiger partial charge on any atom is -0.389 e. The fourth-order valence-corrected chi connectivity index (χ4v) is 5.16. The number of pyridine rings is 1. The number of anilines is 2. The molecule has 1 aliphatic rings. The maximum atomic E-state index is 14.3. The maximum absolute atomic E-state index is 14.3. The van der Waals surface area contributed by atoms with Gasteiger partial charge in [-0.25, -0.2) is 4.98 Å². The number of fused-ring (bicyclic) bond motifs is 1. The lowest BCUT2D eigenvalue weighted by Crippen LogP contribution is -2.50. The molecule has 2 aromatic carbocycles. The van der Waals surface area contributed by atoms with Crippen molar-refractivity contribution in [1.82, 2.24) is 20.3 Å². The SMILES string of the molecule is CN1C[C@@H](O)[C@@H](NC(=O)C(c2cccnc2)N(C(=O)c2c[nH]cn2)c2ccc(C(C)(C)C)cc2)c2ccccc21. The number of benzene rings is 2. The zero-order valence-corrected chi connectivity index (χ0v) is 23.1. The van der Waals surface area contributed by atoms with Crippen LogP contribution in [-0.2, 0) is 10.2 Å². The maximum Gasteiger partial charge on any atom is 0.279 e. The number of nitrogens with one attached hydrogen (secondary N) is 2. The van der Waals surface area contributed by atoms with E-state index in [2.05, 4.69) is 41.0 Å². The first-order valence-corrected chi connectivity index (χ1v) is 13.3. The van der Waals surface area contributed by atoms with Gasteiger partial charge in [0.25, 0.3) is 5.91 Å². The molecule has 206 valence electrons. The van der Waals surface area contributed by atoms with E-state index in [9.17, 15) is 14.7 Å². The molecule has 2 amide bonds. The summed E-state index contributed by atoms with van der Waals surface area (Å²) in [6, 6.07) is 17.1. The smallest absolute Gasteiger partial charge is 0.279 e. The molecule has 0 aliphatic carbocycles. The average Bonchev–Trinajstić information content (AvgIpc) is 3.49. The van der Waals surface area contributed by atoms with E-state index >= 15 is 0 Å². The Morgan fingerprint density at radius 3 is 2.50 bits per heavy atom. The highest BCUT2D eigenvalue weighted by molar-refractivity contribution is 6.09. The standard InChI is InChI=1S/C31H34N6O3/c1-31(2,3)21-11-13-22(14-12-21)37(30(40)24-17-33-19-34-24)28(20-8-7-15-32-16-20)29(39)35-27-23-9-5-6-10-25(23)36(4)18-26(27)38/h5-17,19,26-28,38H,18H2,1-4H3,(H,33,34)(H,35,39)/t26-,27+,28?/m1/s1. The highest BCUT2D eigenvalue weighted by Gasteiger charge is 2.38. The van der Waals surface area contributed by atoms with Crippen LogP contribution >= 0.6 is 0 Å². The number of likely N-dealkylation sites (N-methyl/N-ethyl adjacent to an activating group) is 1. The highest BCUT2D eigenvalue weighted by Crippen LogP contribution is 2.36. The van der Waals surface area contributed by atoms with E-state index in [0.717, 1.165) is 16.8 Å². The van der Waals surface area contributed by atoms with E-state index in [4.69, 9.17) is 0 Å². The summed E-state index contributed by atoms with van der Waals surface area (Å²) in [5, 5.41) is 14.1. The number of H-pyrrole nitrogens is 1. The second-order valence-corrected chi connectivity index (χ2v) is 11.1. The van der Waals surface area contributed by atoms with Crippen molar-refractivity contribution < 1.29 is 14.7 Å². The summed E-state index contributed by atoms with van der Waals surface area (Å²) in [6.45, 7) is 6.70. The van der Waals surface area contributed by atoms with E-state index in [-0.39, 0.29) is 11.1 Å². The fourth-order valence-electron chi connectivity index (χ4n) is 5.16. The van der Waals surface area contributed by atoms with Crippen LogP contribution in [0.3, 0.4) is 0 Å². The number of aromatic nitrogens is 3. The fraction of sp³-hybridized carbons (Fsp3) is 0.290. The van der Waals surface area contributed by atoms with Crippen molar-refractivity contribution in [3.05, 3.63) is 108 Å². The van der Waals surface area contributed by atoms with Crippen molar-refractivity contribution in [2.24, 2.45) is 0 Å². The number of rotatable bonds is 6. The van der Waals surface area contributed by atoms with Crippen LogP contribution in [-0.4, -0.2) is 51.6 Å². The summed E-state index contributed by atoms with van der Waals surface area (Å²) < 4.78 is 0. The van der Waals surface area contributed by atoms with Gasteiger partial charge in [-0.2, -0.15) is 0 Å². The predicted molar refractivity (Wildman–Crippen MR) is 154 cm³/mol. The van der Waals surface area contributed by atoms with Gasteiger partial charge in [-0.1, -0.05) is 57.2 Å². The summed E-state index contributed by atoms with van der Waals surface area (Å²) in [5.41, 5.74) is 3.98. The number of amides is 2. The van der Waals surface area contributed by atoms with Gasteiger partial charge in [0, 0.05) is 54.7 Å². The van der Waals surface area contributed by atoms with Crippen LogP contribution in [0.5, 0.6) is 0 Å². The number of carbonyl (C=O) groups is 2. The lowest BCUT2D eigenvalue weighted by Gasteiger charge is -2.39. The van der Waals surface area contributed by atoms with Gasteiger partial charge < -0.3 is 20.3 Å². The van der Waals surface area contributed by atoms with Crippen LogP contribution < -0.4 is 15.1 Å². The van der Waals surface area contributed by atoms with Crippen LogP contribution in [0.25, 0.3) is 0 Å². The van der Waals surface area contributed by atoms with E-state index < -0.39 is 30.0 Å². The van der Waals surface area contributed by atoms with Gasteiger partial charge in [0.05, 0.1) is 18.5 Å². The van der Waals surface area contributed by atoms with E-state index in [1.807, 2.05) is 60.5 Å². The van der Waals surface area contributed by atoms with Crippen molar-refractivity contribution in [3.8, 4) is 0 Å². The second-order valence-electron chi connectivity index (χ2n) is 11.1. The van der Waals surface area contributed by atoms with Gasteiger partial charge in [-0.3, -0.25) is 19.5 Å². The Balaban J connectivity index is 1.60. The first kappa shape index (κ1) is 27.1. The molecule has 0 saturated heterocycles. The topological polar surface area (TPSA) is 114 Å². The minimum atomic E-state index is -1.09. The Bertz CT molecular complexity index is 1470. The lowest BCUT2D eigenvalue weighted by molar-refractivity contribution is -0.124. The van der Waals surface area contributed by atoms with Gasteiger partial charge in [-0.05, 0) is 35.2 Å². The summed E-state index contributed by atoms with van der Waals surface area (Å²) >= 11 is 0. The minimum absolute atomic E-state index is 0.0899. The number of hydrogen-bond acceptors (Lipinski definition) is 6. The van der Waals surface area contributed by atoms with Crippen molar-refractivity contribution in [3.63, 3.8) is 0 Å².